The Morgan fingerprint density at radius 3 is 1.82 bits per heavy atom. The third kappa shape index (κ3) is 6.28. The Morgan fingerprint density at radius 1 is 1.18 bits per heavy atom. The summed E-state index contributed by atoms with van der Waals surface area (Å²) in [5, 5.41) is 0. The minimum absolute atomic E-state index is 0.397. The molecule has 0 aromatic carbocycles. The summed E-state index contributed by atoms with van der Waals surface area (Å²) in [5.74, 6) is 0. The van der Waals surface area contributed by atoms with E-state index in [4.69, 9.17) is 15.2 Å². The number of methoxy groups -OCH3 is 2. The van der Waals surface area contributed by atoms with Crippen LogP contribution in [0.15, 0.2) is 0 Å². The van der Waals surface area contributed by atoms with Gasteiger partial charge < -0.3 is 15.2 Å². The molecule has 0 amide bonds. The van der Waals surface area contributed by atoms with Gasteiger partial charge in [0.05, 0.1) is 0 Å². The van der Waals surface area contributed by atoms with E-state index in [9.17, 15) is 0 Å². The van der Waals surface area contributed by atoms with Crippen LogP contribution in [0.3, 0.4) is 0 Å². The molecule has 0 rings (SSSR count). The number of hydrogen-bond acceptors (Lipinski definition) is 3. The van der Waals surface area contributed by atoms with E-state index < -0.39 is 5.54 Å². The normalized spacial score (nSPS) is 12.0. The molecular weight excluding hydrogens is 142 g/mol. The molecule has 1 radical (unpaired) electrons. The quantitative estimate of drug-likeness (QED) is 0.618. The number of rotatable bonds is 6. The first-order valence-electron chi connectivity index (χ1n) is 3.74. The topological polar surface area (TPSA) is 44.5 Å². The predicted molar refractivity (Wildman–Crippen MR) is 45.3 cm³/mol. The summed E-state index contributed by atoms with van der Waals surface area (Å²) < 4.78 is 9.79. The van der Waals surface area contributed by atoms with E-state index in [1.165, 1.54) is 0 Å². The van der Waals surface area contributed by atoms with Crippen molar-refractivity contribution in [2.45, 2.75) is 18.4 Å². The molecule has 0 aliphatic heterocycles. The van der Waals surface area contributed by atoms with Gasteiger partial charge in [0, 0.05) is 33.0 Å². The molecule has 67 valence electrons. The Kier molecular flexibility index (Phi) is 5.46. The van der Waals surface area contributed by atoms with Crippen molar-refractivity contribution in [1.82, 2.24) is 0 Å². The summed E-state index contributed by atoms with van der Waals surface area (Å²) in [4.78, 5) is 0. The van der Waals surface area contributed by atoms with Gasteiger partial charge in [0.2, 0.25) is 0 Å². The molecule has 0 aromatic heterocycles. The van der Waals surface area contributed by atoms with E-state index in [0.29, 0.717) is 13.2 Å². The summed E-state index contributed by atoms with van der Waals surface area (Å²) in [6.07, 6.45) is 1.54. The first kappa shape index (κ1) is 10.9. The summed E-state index contributed by atoms with van der Waals surface area (Å²) >= 11 is 0. The first-order chi connectivity index (χ1) is 5.12. The fourth-order valence-electron chi connectivity index (χ4n) is 0.736. The molecule has 0 aromatic rings. The van der Waals surface area contributed by atoms with Crippen LogP contribution in [0.25, 0.3) is 0 Å². The largest absolute Gasteiger partial charge is 0.385 e. The Morgan fingerprint density at radius 2 is 1.55 bits per heavy atom. The highest BCUT2D eigenvalue weighted by Crippen LogP contribution is 2.09. The molecule has 11 heavy (non-hydrogen) atoms. The molecule has 0 heterocycles. The lowest BCUT2D eigenvalue weighted by atomic mass is 9.96. The van der Waals surface area contributed by atoms with E-state index in [2.05, 4.69) is 6.92 Å². The van der Waals surface area contributed by atoms with Crippen LogP contribution in [0.4, 0.5) is 0 Å². The molecule has 0 aliphatic rings. The fourth-order valence-corrected chi connectivity index (χ4v) is 0.736. The maximum Gasteiger partial charge on any atom is 0.0479 e. The van der Waals surface area contributed by atoms with Crippen molar-refractivity contribution in [3.63, 3.8) is 0 Å². The van der Waals surface area contributed by atoms with Gasteiger partial charge in [-0.2, -0.15) is 0 Å². The van der Waals surface area contributed by atoms with Gasteiger partial charge in [-0.3, -0.25) is 0 Å². The lowest BCUT2D eigenvalue weighted by Crippen LogP contribution is -2.38. The van der Waals surface area contributed by atoms with Crippen molar-refractivity contribution < 1.29 is 9.47 Å². The van der Waals surface area contributed by atoms with Gasteiger partial charge in [-0.05, 0) is 19.8 Å². The molecule has 2 N–H and O–H groups in total. The van der Waals surface area contributed by atoms with Crippen LogP contribution >= 0.6 is 0 Å². The molecule has 0 atom stereocenters. The highest BCUT2D eigenvalue weighted by atomic mass is 16.5. The maximum atomic E-state index is 5.82. The zero-order chi connectivity index (χ0) is 8.74. The number of hydrogen-bond donors (Lipinski definition) is 1. The van der Waals surface area contributed by atoms with Gasteiger partial charge >= 0.3 is 0 Å². The second-order valence-corrected chi connectivity index (χ2v) is 2.85. The minimum Gasteiger partial charge on any atom is -0.385 e. The van der Waals surface area contributed by atoms with E-state index >= 15 is 0 Å². The molecule has 0 spiro atoms. The Balaban J connectivity index is 3.43. The standard InChI is InChI=1S/C8H18NO2/c1-8(9,4-6-10-2)5-7-11-3/h1,4-7,9H2,2-3H3. The maximum absolute atomic E-state index is 5.82. The van der Waals surface area contributed by atoms with Crippen LogP contribution in [0.2, 0.25) is 0 Å². The summed E-state index contributed by atoms with van der Waals surface area (Å²) in [7, 11) is 3.32. The van der Waals surface area contributed by atoms with E-state index in [1.54, 1.807) is 14.2 Å². The number of nitrogens with two attached hydrogens (primary N) is 1. The summed E-state index contributed by atoms with van der Waals surface area (Å²) in [5.41, 5.74) is 5.42. The third-order valence-electron chi connectivity index (χ3n) is 1.61. The predicted octanol–water partition coefficient (Wildman–Crippen LogP) is 0.591. The van der Waals surface area contributed by atoms with Crippen molar-refractivity contribution in [2.24, 2.45) is 5.73 Å². The number of ether oxygens (including phenoxy) is 2. The molecule has 0 saturated carbocycles. The second kappa shape index (κ2) is 5.52. The van der Waals surface area contributed by atoms with Crippen LogP contribution in [0.5, 0.6) is 0 Å². The van der Waals surface area contributed by atoms with Crippen molar-refractivity contribution >= 4 is 0 Å². The van der Waals surface area contributed by atoms with E-state index in [-0.39, 0.29) is 0 Å². The molecule has 0 unspecified atom stereocenters. The summed E-state index contributed by atoms with van der Waals surface area (Å²) in [6.45, 7) is 5.18. The van der Waals surface area contributed by atoms with Gasteiger partial charge in [0.25, 0.3) is 0 Å². The lowest BCUT2D eigenvalue weighted by Gasteiger charge is -2.23. The third-order valence-corrected chi connectivity index (χ3v) is 1.61. The van der Waals surface area contributed by atoms with Gasteiger partial charge in [-0.1, -0.05) is 0 Å². The van der Waals surface area contributed by atoms with Crippen molar-refractivity contribution in [1.29, 1.82) is 0 Å². The van der Waals surface area contributed by atoms with Crippen LogP contribution in [0, 0.1) is 6.92 Å². The van der Waals surface area contributed by atoms with Crippen LogP contribution < -0.4 is 5.73 Å². The molecule has 0 fully saturated rings. The molecule has 0 bridgehead atoms. The van der Waals surface area contributed by atoms with Crippen molar-refractivity contribution in [2.75, 3.05) is 27.4 Å². The SMILES string of the molecule is [CH2]C(N)(CCOC)CCOC. The van der Waals surface area contributed by atoms with E-state index in [1.807, 2.05) is 0 Å². The van der Waals surface area contributed by atoms with Crippen LogP contribution in [-0.2, 0) is 9.47 Å². The van der Waals surface area contributed by atoms with Crippen LogP contribution in [-0.4, -0.2) is 33.0 Å². The zero-order valence-corrected chi connectivity index (χ0v) is 7.43. The minimum atomic E-state index is -0.397. The average Bonchev–Trinajstić information content (AvgIpc) is 1.97. The lowest BCUT2D eigenvalue weighted by molar-refractivity contribution is 0.147. The van der Waals surface area contributed by atoms with Gasteiger partial charge in [-0.25, -0.2) is 0 Å². The highest BCUT2D eigenvalue weighted by molar-refractivity contribution is 4.86. The van der Waals surface area contributed by atoms with Gasteiger partial charge in [0.15, 0.2) is 0 Å². The molecule has 0 aliphatic carbocycles. The van der Waals surface area contributed by atoms with Gasteiger partial charge in [0.1, 0.15) is 0 Å². The monoisotopic (exact) mass is 160 g/mol. The molecular formula is C8H18NO2. The summed E-state index contributed by atoms with van der Waals surface area (Å²) in [6, 6.07) is 0. The van der Waals surface area contributed by atoms with E-state index in [0.717, 1.165) is 12.8 Å². The van der Waals surface area contributed by atoms with Gasteiger partial charge in [-0.15, -0.1) is 0 Å². The molecule has 0 saturated heterocycles. The first-order valence-corrected chi connectivity index (χ1v) is 3.74. The molecule has 3 nitrogen and oxygen atoms in total. The fraction of sp³-hybridized carbons (Fsp3) is 0.875. The Bertz CT molecular complexity index is 84.1. The zero-order valence-electron chi connectivity index (χ0n) is 7.43. The second-order valence-electron chi connectivity index (χ2n) is 2.85. The Hall–Kier alpha value is -0.120. The smallest absolute Gasteiger partial charge is 0.0479 e. The van der Waals surface area contributed by atoms with Crippen LogP contribution in [0.1, 0.15) is 12.8 Å². The average molecular weight is 160 g/mol. The highest BCUT2D eigenvalue weighted by Gasteiger charge is 2.17. The Labute approximate surface area is 68.9 Å². The molecule has 3 heteroatoms. The van der Waals surface area contributed by atoms with Crippen molar-refractivity contribution in [3.8, 4) is 0 Å². The van der Waals surface area contributed by atoms with Crippen molar-refractivity contribution in [3.05, 3.63) is 6.92 Å².